The van der Waals surface area contributed by atoms with Crippen molar-refractivity contribution >= 4 is 17.5 Å². The van der Waals surface area contributed by atoms with Gasteiger partial charge in [-0.3, -0.25) is 15.4 Å². The lowest BCUT2D eigenvalue weighted by molar-refractivity contribution is -0.141. The summed E-state index contributed by atoms with van der Waals surface area (Å²) in [6, 6.07) is 14.1. The third-order valence-electron chi connectivity index (χ3n) is 8.17. The smallest absolute Gasteiger partial charge is 0.262 e. The van der Waals surface area contributed by atoms with Crippen molar-refractivity contribution in [2.24, 2.45) is 0 Å². The number of rotatable bonds is 7. The molecule has 5 rings (SSSR count). The summed E-state index contributed by atoms with van der Waals surface area (Å²) in [5.41, 5.74) is 0.740. The van der Waals surface area contributed by atoms with E-state index in [1.54, 1.807) is 7.11 Å². The fourth-order valence-corrected chi connectivity index (χ4v) is 6.38. The molecule has 2 aromatic rings. The Hall–Kier alpha value is -2.32. The standard InChI is InChI=1S/C29H39ClN4O3/c1-4-37-26-19-24(36-3)11-12-25(26)29(31-20(2)27(32-29)21-7-9-22(30)10-8-21)28(35)34-17-13-23(14-18-34)33-15-5-6-16-33/h7-12,19-20,23,27,31-32H,4-6,13-18H2,1-3H3. The van der Waals surface area contributed by atoms with E-state index in [9.17, 15) is 4.79 Å². The number of carbonyl (C=O) groups excluding carboxylic acids is 1. The number of hydrogen-bond acceptors (Lipinski definition) is 6. The highest BCUT2D eigenvalue weighted by Crippen LogP contribution is 2.40. The second-order valence-corrected chi connectivity index (χ2v) is 10.9. The van der Waals surface area contributed by atoms with E-state index in [1.807, 2.05) is 54.3 Å². The molecule has 0 aliphatic carbocycles. The first-order chi connectivity index (χ1) is 17.9. The molecule has 3 saturated heterocycles. The number of amides is 1. The number of nitrogens with zero attached hydrogens (tertiary/aromatic N) is 2. The molecule has 2 aromatic carbocycles. The van der Waals surface area contributed by atoms with E-state index in [0.717, 1.165) is 37.1 Å². The monoisotopic (exact) mass is 526 g/mol. The number of carbonyl (C=O) groups is 1. The molecule has 0 aromatic heterocycles. The number of ether oxygens (including phenoxy) is 2. The summed E-state index contributed by atoms with van der Waals surface area (Å²) < 4.78 is 11.6. The van der Waals surface area contributed by atoms with Gasteiger partial charge in [0, 0.05) is 47.9 Å². The molecule has 0 saturated carbocycles. The van der Waals surface area contributed by atoms with Gasteiger partial charge in [-0.05, 0) is 82.4 Å². The predicted octanol–water partition coefficient (Wildman–Crippen LogP) is 4.31. The molecule has 37 heavy (non-hydrogen) atoms. The molecule has 2 N–H and O–H groups in total. The summed E-state index contributed by atoms with van der Waals surface area (Å²) >= 11 is 6.17. The van der Waals surface area contributed by atoms with Crippen molar-refractivity contribution < 1.29 is 14.3 Å². The second-order valence-electron chi connectivity index (χ2n) is 10.4. The van der Waals surface area contributed by atoms with E-state index in [0.29, 0.717) is 29.2 Å². The SMILES string of the molecule is CCOc1cc(OC)ccc1C1(C(=O)N2CCC(N3CCCC3)CC2)NC(C)C(c2ccc(Cl)cc2)N1. The van der Waals surface area contributed by atoms with Crippen LogP contribution in [0, 0.1) is 0 Å². The van der Waals surface area contributed by atoms with Gasteiger partial charge >= 0.3 is 0 Å². The molecular formula is C29H39ClN4O3. The highest BCUT2D eigenvalue weighted by molar-refractivity contribution is 6.30. The lowest BCUT2D eigenvalue weighted by atomic mass is 9.94. The molecule has 3 unspecified atom stereocenters. The van der Waals surface area contributed by atoms with Crippen LogP contribution in [0.5, 0.6) is 11.5 Å². The second kappa shape index (κ2) is 11.2. The molecule has 7 nitrogen and oxygen atoms in total. The Balaban J connectivity index is 1.48. The van der Waals surface area contributed by atoms with Crippen LogP contribution in [0.2, 0.25) is 5.02 Å². The van der Waals surface area contributed by atoms with Crippen molar-refractivity contribution in [3.63, 3.8) is 0 Å². The normalized spacial score (nSPS) is 27.0. The molecule has 3 aliphatic rings. The molecule has 3 heterocycles. The van der Waals surface area contributed by atoms with Crippen LogP contribution in [0.1, 0.15) is 56.7 Å². The Bertz CT molecular complexity index is 1080. The lowest BCUT2D eigenvalue weighted by Gasteiger charge is -2.41. The molecular weight excluding hydrogens is 488 g/mol. The average Bonchev–Trinajstić information content (AvgIpc) is 3.58. The van der Waals surface area contributed by atoms with Gasteiger partial charge in [0.25, 0.3) is 5.91 Å². The number of piperidine rings is 1. The predicted molar refractivity (Wildman–Crippen MR) is 146 cm³/mol. The molecule has 1 amide bonds. The highest BCUT2D eigenvalue weighted by atomic mass is 35.5. The maximum Gasteiger partial charge on any atom is 0.262 e. The molecule has 200 valence electrons. The highest BCUT2D eigenvalue weighted by Gasteiger charge is 2.53. The zero-order valence-corrected chi connectivity index (χ0v) is 22.9. The van der Waals surface area contributed by atoms with Crippen LogP contribution in [-0.2, 0) is 10.5 Å². The summed E-state index contributed by atoms with van der Waals surface area (Å²) in [6.45, 7) is 8.45. The molecule has 8 heteroatoms. The summed E-state index contributed by atoms with van der Waals surface area (Å²) in [5, 5.41) is 8.10. The minimum atomic E-state index is -1.12. The molecule has 0 radical (unpaired) electrons. The molecule has 3 aliphatic heterocycles. The number of likely N-dealkylation sites (tertiary alicyclic amines) is 2. The van der Waals surface area contributed by atoms with Crippen molar-refractivity contribution in [1.29, 1.82) is 0 Å². The largest absolute Gasteiger partial charge is 0.497 e. The van der Waals surface area contributed by atoms with Gasteiger partial charge in [-0.25, -0.2) is 0 Å². The van der Waals surface area contributed by atoms with Crippen LogP contribution in [0.15, 0.2) is 42.5 Å². The minimum absolute atomic E-state index is 0.0103. The quantitative estimate of drug-likeness (QED) is 0.560. The van der Waals surface area contributed by atoms with Gasteiger partial charge in [-0.1, -0.05) is 23.7 Å². The van der Waals surface area contributed by atoms with E-state index in [1.165, 1.54) is 25.9 Å². The Morgan fingerprint density at radius 1 is 1.05 bits per heavy atom. The zero-order valence-electron chi connectivity index (χ0n) is 22.1. The summed E-state index contributed by atoms with van der Waals surface area (Å²) in [5.74, 6) is 1.38. The first kappa shape index (κ1) is 26.3. The number of benzene rings is 2. The van der Waals surface area contributed by atoms with Gasteiger partial charge < -0.3 is 19.3 Å². The van der Waals surface area contributed by atoms with Crippen molar-refractivity contribution in [2.75, 3.05) is 39.9 Å². The van der Waals surface area contributed by atoms with Gasteiger partial charge in [0.1, 0.15) is 11.5 Å². The van der Waals surface area contributed by atoms with Crippen LogP contribution in [0.4, 0.5) is 0 Å². The first-order valence-electron chi connectivity index (χ1n) is 13.6. The van der Waals surface area contributed by atoms with E-state index in [4.69, 9.17) is 21.1 Å². The molecule has 0 spiro atoms. The van der Waals surface area contributed by atoms with Crippen LogP contribution in [0.3, 0.4) is 0 Å². The van der Waals surface area contributed by atoms with Crippen LogP contribution in [0.25, 0.3) is 0 Å². The number of hydrogen-bond donors (Lipinski definition) is 2. The van der Waals surface area contributed by atoms with Crippen molar-refractivity contribution in [1.82, 2.24) is 20.4 Å². The van der Waals surface area contributed by atoms with Crippen LogP contribution >= 0.6 is 11.6 Å². The van der Waals surface area contributed by atoms with E-state index in [2.05, 4.69) is 22.5 Å². The maximum atomic E-state index is 14.5. The van der Waals surface area contributed by atoms with E-state index in [-0.39, 0.29) is 18.0 Å². The Labute approximate surface area is 225 Å². The molecule has 0 bridgehead atoms. The topological polar surface area (TPSA) is 66.1 Å². The van der Waals surface area contributed by atoms with Gasteiger partial charge in [-0.15, -0.1) is 0 Å². The fraction of sp³-hybridized carbons (Fsp3) is 0.552. The fourth-order valence-electron chi connectivity index (χ4n) is 6.25. The Kier molecular flexibility index (Phi) is 7.96. The molecule has 3 fully saturated rings. The van der Waals surface area contributed by atoms with Crippen molar-refractivity contribution in [3.8, 4) is 11.5 Å². The number of halogens is 1. The third kappa shape index (κ3) is 5.19. The summed E-state index contributed by atoms with van der Waals surface area (Å²) in [6.07, 6.45) is 4.60. The number of methoxy groups -OCH3 is 1. The average molecular weight is 527 g/mol. The van der Waals surface area contributed by atoms with Crippen LogP contribution < -0.4 is 20.1 Å². The van der Waals surface area contributed by atoms with Gasteiger partial charge in [0.15, 0.2) is 5.66 Å². The lowest BCUT2D eigenvalue weighted by Crippen LogP contribution is -2.61. The first-order valence-corrected chi connectivity index (χ1v) is 14.0. The maximum absolute atomic E-state index is 14.5. The van der Waals surface area contributed by atoms with Crippen molar-refractivity contribution in [3.05, 3.63) is 58.6 Å². The Morgan fingerprint density at radius 3 is 2.41 bits per heavy atom. The Morgan fingerprint density at radius 2 is 1.76 bits per heavy atom. The molecule has 3 atom stereocenters. The van der Waals surface area contributed by atoms with Gasteiger partial charge in [-0.2, -0.15) is 0 Å². The van der Waals surface area contributed by atoms with Gasteiger partial charge in [0.05, 0.1) is 13.7 Å². The van der Waals surface area contributed by atoms with Gasteiger partial charge in [0.2, 0.25) is 0 Å². The summed E-state index contributed by atoms with van der Waals surface area (Å²) in [4.78, 5) is 19.2. The summed E-state index contributed by atoms with van der Waals surface area (Å²) in [7, 11) is 1.64. The third-order valence-corrected chi connectivity index (χ3v) is 8.42. The zero-order chi connectivity index (χ0) is 26.0. The van der Waals surface area contributed by atoms with Crippen molar-refractivity contribution in [2.45, 2.75) is 63.3 Å². The number of nitrogens with one attached hydrogen (secondary N) is 2. The van der Waals surface area contributed by atoms with E-state index >= 15 is 0 Å². The van der Waals surface area contributed by atoms with E-state index < -0.39 is 5.66 Å². The van der Waals surface area contributed by atoms with Crippen LogP contribution in [-0.4, -0.2) is 67.7 Å². The minimum Gasteiger partial charge on any atom is -0.497 e.